The van der Waals surface area contributed by atoms with Crippen LogP contribution in [0.25, 0.3) is 0 Å². The topological polar surface area (TPSA) is 35.5 Å². The smallest absolute Gasteiger partial charge is 0.391 e. The van der Waals surface area contributed by atoms with E-state index in [1.54, 1.807) is 0 Å². The fraction of sp³-hybridized carbons (Fsp3) is 0.909. The lowest BCUT2D eigenvalue weighted by Gasteiger charge is -2.36. The first kappa shape index (κ1) is 12.7. The molecule has 2 aliphatic rings. The highest BCUT2D eigenvalue weighted by Crippen LogP contribution is 2.47. The Morgan fingerprint density at radius 2 is 2.06 bits per heavy atom. The zero-order valence-corrected chi connectivity index (χ0v) is 9.50. The predicted octanol–water partition coefficient (Wildman–Crippen LogP) is 2.15. The summed E-state index contributed by atoms with van der Waals surface area (Å²) in [5.74, 6) is -2.78. The van der Waals surface area contributed by atoms with Crippen LogP contribution in [0.15, 0.2) is 0 Å². The van der Waals surface area contributed by atoms with Crippen molar-refractivity contribution in [2.45, 2.75) is 31.5 Å². The van der Waals surface area contributed by atoms with Crippen molar-refractivity contribution in [1.29, 1.82) is 0 Å². The van der Waals surface area contributed by atoms with Gasteiger partial charge in [0, 0.05) is 12.5 Å². The summed E-state index contributed by atoms with van der Waals surface area (Å²) in [4.78, 5) is 11.5. The van der Waals surface area contributed by atoms with E-state index in [0.717, 1.165) is 0 Å². The Morgan fingerprint density at radius 3 is 2.65 bits per heavy atom. The summed E-state index contributed by atoms with van der Waals surface area (Å²) < 4.78 is 48.1. The number of rotatable bonds is 1. The Hall–Kier alpha value is -0.780. The van der Waals surface area contributed by atoms with Crippen LogP contribution in [0.1, 0.15) is 19.3 Å². The van der Waals surface area contributed by atoms with E-state index in [0.29, 0.717) is 13.0 Å². The zero-order valence-electron chi connectivity index (χ0n) is 9.50. The maximum absolute atomic E-state index is 12.7. The molecular weight excluding hydrogens is 237 g/mol. The molecular formula is C11H15F3O3. The van der Waals surface area contributed by atoms with Gasteiger partial charge in [0.05, 0.1) is 25.0 Å². The standard InChI is InChI=1S/C11H15F3O3/c1-16-10(15)8-4-6(11(12,13)14)5-9-7(8)2-3-17-9/h6-9H,2-5H2,1H3/t6-,7+,8+,9-/m0/s1. The summed E-state index contributed by atoms with van der Waals surface area (Å²) >= 11 is 0. The second-order valence-electron chi connectivity index (χ2n) is 4.70. The maximum Gasteiger partial charge on any atom is 0.391 e. The first-order valence-electron chi connectivity index (χ1n) is 5.69. The molecule has 1 saturated carbocycles. The normalized spacial score (nSPS) is 37.6. The highest BCUT2D eigenvalue weighted by atomic mass is 19.4. The molecule has 6 heteroatoms. The predicted molar refractivity (Wildman–Crippen MR) is 52.1 cm³/mol. The number of ether oxygens (including phenoxy) is 2. The molecule has 1 aliphatic carbocycles. The highest BCUT2D eigenvalue weighted by Gasteiger charge is 2.52. The average molecular weight is 252 g/mol. The highest BCUT2D eigenvalue weighted by molar-refractivity contribution is 5.73. The van der Waals surface area contributed by atoms with Gasteiger partial charge in [-0.05, 0) is 19.3 Å². The molecule has 0 radical (unpaired) electrons. The van der Waals surface area contributed by atoms with E-state index >= 15 is 0 Å². The van der Waals surface area contributed by atoms with Crippen molar-refractivity contribution in [2.75, 3.05) is 13.7 Å². The molecule has 0 amide bonds. The molecule has 1 aliphatic heterocycles. The molecule has 0 spiro atoms. The molecule has 17 heavy (non-hydrogen) atoms. The van der Waals surface area contributed by atoms with Gasteiger partial charge in [-0.25, -0.2) is 0 Å². The van der Waals surface area contributed by atoms with Gasteiger partial charge in [0.15, 0.2) is 0 Å². The molecule has 98 valence electrons. The van der Waals surface area contributed by atoms with Crippen molar-refractivity contribution in [2.24, 2.45) is 17.8 Å². The van der Waals surface area contributed by atoms with Crippen molar-refractivity contribution >= 4 is 5.97 Å². The van der Waals surface area contributed by atoms with Gasteiger partial charge in [-0.15, -0.1) is 0 Å². The molecule has 0 N–H and O–H groups in total. The van der Waals surface area contributed by atoms with Gasteiger partial charge in [-0.1, -0.05) is 0 Å². The Morgan fingerprint density at radius 1 is 1.35 bits per heavy atom. The van der Waals surface area contributed by atoms with Crippen LogP contribution in [-0.2, 0) is 14.3 Å². The number of carbonyl (C=O) groups excluding carboxylic acids is 1. The number of alkyl halides is 3. The molecule has 0 aromatic heterocycles. The summed E-state index contributed by atoms with van der Waals surface area (Å²) in [5.41, 5.74) is 0. The number of hydrogen-bond acceptors (Lipinski definition) is 3. The van der Waals surface area contributed by atoms with Gasteiger partial charge in [-0.2, -0.15) is 13.2 Å². The Kier molecular flexibility index (Phi) is 3.34. The van der Waals surface area contributed by atoms with Crippen molar-refractivity contribution in [3.05, 3.63) is 0 Å². The van der Waals surface area contributed by atoms with Gasteiger partial charge >= 0.3 is 12.1 Å². The molecule has 2 fully saturated rings. The second-order valence-corrected chi connectivity index (χ2v) is 4.70. The van der Waals surface area contributed by atoms with Crippen LogP contribution in [0, 0.1) is 17.8 Å². The molecule has 0 bridgehead atoms. The Labute approximate surface area is 97.3 Å². The van der Waals surface area contributed by atoms with Gasteiger partial charge in [0.2, 0.25) is 0 Å². The van der Waals surface area contributed by atoms with Gasteiger partial charge < -0.3 is 9.47 Å². The molecule has 2 rings (SSSR count). The molecule has 4 atom stereocenters. The summed E-state index contributed by atoms with van der Waals surface area (Å²) in [6.07, 6.45) is -4.25. The van der Waals surface area contributed by atoms with E-state index < -0.39 is 30.1 Å². The molecule has 0 aromatic carbocycles. The van der Waals surface area contributed by atoms with Crippen LogP contribution >= 0.6 is 0 Å². The number of hydrogen-bond donors (Lipinski definition) is 0. The number of halogens is 3. The third-order valence-electron chi connectivity index (χ3n) is 3.80. The van der Waals surface area contributed by atoms with Crippen LogP contribution in [-0.4, -0.2) is 32.0 Å². The van der Waals surface area contributed by atoms with Crippen LogP contribution in [0.2, 0.25) is 0 Å². The number of esters is 1. The summed E-state index contributed by atoms with van der Waals surface area (Å²) in [6, 6.07) is 0. The molecule has 1 heterocycles. The summed E-state index contributed by atoms with van der Waals surface area (Å²) in [7, 11) is 1.21. The lowest BCUT2D eigenvalue weighted by molar-refractivity contribution is -0.201. The fourth-order valence-electron chi connectivity index (χ4n) is 2.92. The maximum atomic E-state index is 12.7. The summed E-state index contributed by atoms with van der Waals surface area (Å²) in [5, 5.41) is 0. The van der Waals surface area contributed by atoms with Gasteiger partial charge in [0.1, 0.15) is 0 Å². The third-order valence-corrected chi connectivity index (χ3v) is 3.80. The average Bonchev–Trinajstić information content (AvgIpc) is 2.73. The third kappa shape index (κ3) is 2.41. The Bertz CT molecular complexity index is 303. The van der Waals surface area contributed by atoms with E-state index in [1.807, 2.05) is 0 Å². The Balaban J connectivity index is 2.16. The minimum atomic E-state index is -4.26. The van der Waals surface area contributed by atoms with Crippen molar-refractivity contribution in [1.82, 2.24) is 0 Å². The lowest BCUT2D eigenvalue weighted by Crippen LogP contribution is -2.42. The SMILES string of the molecule is COC(=O)[C@@H]1C[C@H](C(F)(F)F)C[C@@H]2OCC[C@@H]21. The lowest BCUT2D eigenvalue weighted by atomic mass is 9.72. The van der Waals surface area contributed by atoms with Crippen LogP contribution in [0.5, 0.6) is 0 Å². The molecule has 3 nitrogen and oxygen atoms in total. The monoisotopic (exact) mass is 252 g/mol. The van der Waals surface area contributed by atoms with Crippen LogP contribution in [0.4, 0.5) is 13.2 Å². The first-order valence-corrected chi connectivity index (χ1v) is 5.69. The fourth-order valence-corrected chi connectivity index (χ4v) is 2.92. The number of fused-ring (bicyclic) bond motifs is 1. The quantitative estimate of drug-likeness (QED) is 0.671. The van der Waals surface area contributed by atoms with Crippen LogP contribution < -0.4 is 0 Å². The van der Waals surface area contributed by atoms with Gasteiger partial charge in [0.25, 0.3) is 0 Å². The first-order chi connectivity index (χ1) is 7.93. The number of carbonyl (C=O) groups is 1. The van der Waals surface area contributed by atoms with E-state index in [-0.39, 0.29) is 18.8 Å². The van der Waals surface area contributed by atoms with Crippen LogP contribution in [0.3, 0.4) is 0 Å². The van der Waals surface area contributed by atoms with Crippen molar-refractivity contribution in [3.8, 4) is 0 Å². The second kappa shape index (κ2) is 4.48. The minimum absolute atomic E-state index is 0.0261. The van der Waals surface area contributed by atoms with E-state index in [4.69, 9.17) is 4.74 Å². The zero-order chi connectivity index (χ0) is 12.6. The van der Waals surface area contributed by atoms with E-state index in [1.165, 1.54) is 7.11 Å². The number of methoxy groups -OCH3 is 1. The molecule has 0 aromatic rings. The van der Waals surface area contributed by atoms with Crippen molar-refractivity contribution < 1.29 is 27.4 Å². The molecule has 1 saturated heterocycles. The van der Waals surface area contributed by atoms with Crippen molar-refractivity contribution in [3.63, 3.8) is 0 Å². The largest absolute Gasteiger partial charge is 0.469 e. The molecule has 0 unspecified atom stereocenters. The minimum Gasteiger partial charge on any atom is -0.469 e. The van der Waals surface area contributed by atoms with E-state index in [9.17, 15) is 18.0 Å². The summed E-state index contributed by atoms with van der Waals surface area (Å²) in [6.45, 7) is 0.438. The van der Waals surface area contributed by atoms with E-state index in [2.05, 4.69) is 4.74 Å². The van der Waals surface area contributed by atoms with Gasteiger partial charge in [-0.3, -0.25) is 4.79 Å².